The largest absolute Gasteiger partial charge is 0.496 e. The molecule has 0 bridgehead atoms. The predicted molar refractivity (Wildman–Crippen MR) is 98.6 cm³/mol. The molecule has 0 saturated carbocycles. The normalized spacial score (nSPS) is 18.9. The molecule has 0 aliphatic carbocycles. The van der Waals surface area contributed by atoms with E-state index in [9.17, 15) is 0 Å². The van der Waals surface area contributed by atoms with Gasteiger partial charge in [-0.15, -0.1) is 12.4 Å². The van der Waals surface area contributed by atoms with Gasteiger partial charge in [0, 0.05) is 11.6 Å². The highest BCUT2D eigenvalue weighted by atomic mass is 35.5. The fraction of sp³-hybridized carbons (Fsp3) is 0.400. The third-order valence-electron chi connectivity index (χ3n) is 4.49. The van der Waals surface area contributed by atoms with Crippen molar-refractivity contribution >= 4 is 12.4 Å². The maximum atomic E-state index is 7.47. The summed E-state index contributed by atoms with van der Waals surface area (Å²) in [5, 5.41) is 0. The molecule has 1 saturated heterocycles. The van der Waals surface area contributed by atoms with Gasteiger partial charge in [-0.25, -0.2) is 0 Å². The second kappa shape index (κ2) is 8.95. The van der Waals surface area contributed by atoms with Gasteiger partial charge in [-0.3, -0.25) is 4.90 Å². The zero-order valence-electron chi connectivity index (χ0n) is 16.3. The molecule has 0 amide bonds. The molecule has 1 fully saturated rings. The molecule has 0 spiro atoms. The van der Waals surface area contributed by atoms with Crippen LogP contribution in [-0.4, -0.2) is 25.0 Å². The molecule has 3 rings (SSSR count). The van der Waals surface area contributed by atoms with E-state index >= 15 is 0 Å². The van der Waals surface area contributed by atoms with E-state index in [2.05, 4.69) is 17.0 Å². The number of ether oxygens (including phenoxy) is 1. The van der Waals surface area contributed by atoms with Crippen LogP contribution in [0.1, 0.15) is 40.5 Å². The molecule has 0 radical (unpaired) electrons. The smallest absolute Gasteiger partial charge is 0.123 e. The fourth-order valence-corrected chi connectivity index (χ4v) is 3.35. The molecule has 2 aromatic rings. The quantitative estimate of drug-likeness (QED) is 0.772. The monoisotopic (exact) mass is 334 g/mol. The van der Waals surface area contributed by atoms with Gasteiger partial charge in [0.25, 0.3) is 0 Å². The summed E-state index contributed by atoms with van der Waals surface area (Å²) in [7, 11) is -2.44. The number of rotatable bonds is 5. The summed E-state index contributed by atoms with van der Waals surface area (Å²) in [4.78, 5) is 2.47. The summed E-state index contributed by atoms with van der Waals surface area (Å²) in [5.74, 6) is 0.467. The van der Waals surface area contributed by atoms with Crippen LogP contribution in [0.25, 0.3) is 0 Å². The van der Waals surface area contributed by atoms with Crippen molar-refractivity contribution in [3.05, 3.63) is 65.7 Å². The van der Waals surface area contributed by atoms with E-state index in [0.717, 1.165) is 25.1 Å². The molecular formula is C20H26ClNO. The van der Waals surface area contributed by atoms with Crippen molar-refractivity contribution < 1.29 is 8.85 Å². The maximum absolute atomic E-state index is 7.47. The Morgan fingerprint density at radius 2 is 1.70 bits per heavy atom. The molecule has 0 N–H and O–H groups in total. The SMILES string of the molecule is Cl.[2H]C([2H])([2H])Oc1ccccc1C(Cc1ccccc1)N1CCCCC1. The Labute approximate surface area is 150 Å². The minimum absolute atomic E-state index is 0. The summed E-state index contributed by atoms with van der Waals surface area (Å²) in [6.45, 7) is 2.08. The third kappa shape index (κ3) is 4.49. The van der Waals surface area contributed by atoms with Crippen LogP contribution in [0.15, 0.2) is 54.6 Å². The Morgan fingerprint density at radius 1 is 1.00 bits per heavy atom. The van der Waals surface area contributed by atoms with Crippen molar-refractivity contribution in [1.82, 2.24) is 4.90 Å². The lowest BCUT2D eigenvalue weighted by Crippen LogP contribution is -2.35. The number of likely N-dealkylation sites (tertiary alicyclic amines) is 1. The molecule has 1 aliphatic rings. The van der Waals surface area contributed by atoms with E-state index in [0.29, 0.717) is 5.75 Å². The summed E-state index contributed by atoms with van der Waals surface area (Å²) >= 11 is 0. The summed E-state index contributed by atoms with van der Waals surface area (Å²) in [5.41, 5.74) is 2.21. The highest BCUT2D eigenvalue weighted by molar-refractivity contribution is 5.85. The van der Waals surface area contributed by atoms with Crippen molar-refractivity contribution in [3.8, 4) is 5.75 Å². The molecule has 3 heteroatoms. The second-order valence-electron chi connectivity index (χ2n) is 5.94. The Morgan fingerprint density at radius 3 is 2.43 bits per heavy atom. The van der Waals surface area contributed by atoms with Crippen LogP contribution >= 0.6 is 12.4 Å². The number of piperidine rings is 1. The number of hydrogen-bond donors (Lipinski definition) is 0. The van der Waals surface area contributed by atoms with Crippen LogP contribution in [-0.2, 0) is 6.42 Å². The number of halogens is 1. The van der Waals surface area contributed by atoms with E-state index in [4.69, 9.17) is 8.85 Å². The topological polar surface area (TPSA) is 12.5 Å². The Hall–Kier alpha value is -1.51. The summed E-state index contributed by atoms with van der Waals surface area (Å²) < 4.78 is 27.7. The van der Waals surface area contributed by atoms with Gasteiger partial charge >= 0.3 is 0 Å². The summed E-state index contributed by atoms with van der Waals surface area (Å²) in [6, 6.07) is 18.1. The first-order valence-corrected chi connectivity index (χ1v) is 8.09. The zero-order chi connectivity index (χ0) is 17.7. The van der Waals surface area contributed by atoms with E-state index in [-0.39, 0.29) is 18.4 Å². The van der Waals surface area contributed by atoms with Crippen LogP contribution < -0.4 is 4.74 Å². The average Bonchev–Trinajstić information content (AvgIpc) is 2.61. The highest BCUT2D eigenvalue weighted by Gasteiger charge is 2.24. The lowest BCUT2D eigenvalue weighted by molar-refractivity contribution is 0.159. The van der Waals surface area contributed by atoms with Gasteiger partial charge in [0.15, 0.2) is 0 Å². The van der Waals surface area contributed by atoms with Gasteiger partial charge in [0.05, 0.1) is 11.2 Å². The molecule has 124 valence electrons. The lowest BCUT2D eigenvalue weighted by Gasteiger charge is -2.35. The number of benzene rings is 2. The summed E-state index contributed by atoms with van der Waals surface area (Å²) in [6.07, 6.45) is 4.49. The van der Waals surface area contributed by atoms with Crippen LogP contribution in [0.4, 0.5) is 0 Å². The van der Waals surface area contributed by atoms with Crippen molar-refractivity contribution in [2.45, 2.75) is 31.7 Å². The lowest BCUT2D eigenvalue weighted by atomic mass is 9.94. The molecule has 1 atom stereocenters. The van der Waals surface area contributed by atoms with Crippen LogP contribution in [0.3, 0.4) is 0 Å². The minimum Gasteiger partial charge on any atom is -0.496 e. The van der Waals surface area contributed by atoms with Crippen LogP contribution in [0.2, 0.25) is 0 Å². The highest BCUT2D eigenvalue weighted by Crippen LogP contribution is 2.33. The van der Waals surface area contributed by atoms with E-state index in [1.165, 1.54) is 24.8 Å². The van der Waals surface area contributed by atoms with E-state index in [1.807, 2.05) is 36.4 Å². The minimum atomic E-state index is -2.44. The number of methoxy groups -OCH3 is 1. The zero-order valence-corrected chi connectivity index (χ0v) is 14.1. The molecule has 2 nitrogen and oxygen atoms in total. The molecule has 23 heavy (non-hydrogen) atoms. The van der Waals surface area contributed by atoms with Crippen LogP contribution in [0.5, 0.6) is 5.75 Å². The number of hydrogen-bond acceptors (Lipinski definition) is 2. The first kappa shape index (κ1) is 13.9. The van der Waals surface area contributed by atoms with E-state index < -0.39 is 7.04 Å². The number of para-hydroxylation sites is 1. The Bertz CT molecular complexity index is 672. The molecule has 2 aromatic carbocycles. The third-order valence-corrected chi connectivity index (χ3v) is 4.49. The molecule has 0 aromatic heterocycles. The first-order chi connectivity index (χ1) is 12.0. The predicted octanol–water partition coefficient (Wildman–Crippen LogP) is 4.89. The standard InChI is InChI=1S/C20H25NO.ClH/c1-22-20-13-7-6-12-18(20)19(21-14-8-3-9-15-21)16-17-10-4-2-5-11-17;/h2,4-7,10-13,19H,3,8-9,14-16H2,1H3;1H/i1D3;. The van der Waals surface area contributed by atoms with Crippen molar-refractivity contribution in [1.29, 1.82) is 0 Å². The average molecular weight is 335 g/mol. The van der Waals surface area contributed by atoms with Gasteiger partial charge in [-0.05, 0) is 44.0 Å². The van der Waals surface area contributed by atoms with Crippen molar-refractivity contribution in [3.63, 3.8) is 0 Å². The van der Waals surface area contributed by atoms with Gasteiger partial charge < -0.3 is 4.74 Å². The van der Waals surface area contributed by atoms with Crippen molar-refractivity contribution in [2.75, 3.05) is 20.1 Å². The molecule has 1 heterocycles. The van der Waals surface area contributed by atoms with Gasteiger partial charge in [0.2, 0.25) is 0 Å². The molecular weight excluding hydrogens is 306 g/mol. The van der Waals surface area contributed by atoms with Gasteiger partial charge in [-0.1, -0.05) is 55.0 Å². The fourth-order valence-electron chi connectivity index (χ4n) is 3.35. The van der Waals surface area contributed by atoms with Crippen molar-refractivity contribution in [2.24, 2.45) is 0 Å². The molecule has 1 aliphatic heterocycles. The second-order valence-corrected chi connectivity index (χ2v) is 5.94. The Kier molecular flexibility index (Phi) is 5.40. The Balaban J connectivity index is 0.00000243. The molecule has 1 unspecified atom stereocenters. The van der Waals surface area contributed by atoms with Gasteiger partial charge in [-0.2, -0.15) is 0 Å². The van der Waals surface area contributed by atoms with Gasteiger partial charge in [0.1, 0.15) is 5.75 Å². The first-order valence-electron chi connectivity index (χ1n) is 9.59. The van der Waals surface area contributed by atoms with Crippen LogP contribution in [0, 0.1) is 0 Å². The van der Waals surface area contributed by atoms with E-state index in [1.54, 1.807) is 6.07 Å². The maximum Gasteiger partial charge on any atom is 0.123 e. The number of nitrogens with zero attached hydrogens (tertiary/aromatic N) is 1.